The first-order valence-electron chi connectivity index (χ1n) is 6.61. The summed E-state index contributed by atoms with van der Waals surface area (Å²) in [6, 6.07) is 12.9. The highest BCUT2D eigenvalue weighted by Gasteiger charge is 2.10. The van der Waals surface area contributed by atoms with Crippen LogP contribution in [0.4, 0.5) is 5.69 Å². The third-order valence-electron chi connectivity index (χ3n) is 3.01. The summed E-state index contributed by atoms with van der Waals surface area (Å²) in [5, 5.41) is 28.3. The van der Waals surface area contributed by atoms with Crippen molar-refractivity contribution in [3.63, 3.8) is 0 Å². The number of rotatable bonds is 5. The van der Waals surface area contributed by atoms with Gasteiger partial charge in [0.1, 0.15) is 5.75 Å². The van der Waals surface area contributed by atoms with Crippen LogP contribution in [0.1, 0.15) is 5.56 Å². The predicted octanol–water partition coefficient (Wildman–Crippen LogP) is 3.64. The smallest absolute Gasteiger partial charge is 0.277 e. The summed E-state index contributed by atoms with van der Waals surface area (Å²) < 4.78 is 5.53. The highest BCUT2D eigenvalue weighted by Crippen LogP contribution is 2.27. The number of nitro benzene ring substituents is 1. The molecule has 1 heterocycles. The SMILES string of the molecule is O=[N+]([O-])c1ccc(CSc2nnc(-c3cccc(O)c3)o2)cc1. The number of hydrogen-bond donors (Lipinski definition) is 1. The standard InChI is InChI=1S/C15H11N3O4S/c19-13-3-1-2-11(8-13)14-16-17-15(22-14)23-9-10-4-6-12(7-5-10)18(20)21/h1-8,19H,9H2. The van der Waals surface area contributed by atoms with Crippen molar-refractivity contribution in [1.82, 2.24) is 10.2 Å². The molecule has 3 aromatic rings. The first-order valence-corrected chi connectivity index (χ1v) is 7.59. The number of aromatic hydroxyl groups is 1. The number of thioether (sulfide) groups is 1. The largest absolute Gasteiger partial charge is 0.508 e. The van der Waals surface area contributed by atoms with Crippen LogP contribution in [0.5, 0.6) is 5.75 Å². The fourth-order valence-corrected chi connectivity index (χ4v) is 2.60. The van der Waals surface area contributed by atoms with E-state index in [1.807, 2.05) is 0 Å². The van der Waals surface area contributed by atoms with Crippen LogP contribution in [-0.4, -0.2) is 20.2 Å². The Labute approximate surface area is 135 Å². The number of benzene rings is 2. The monoisotopic (exact) mass is 329 g/mol. The second-order valence-electron chi connectivity index (χ2n) is 4.64. The average molecular weight is 329 g/mol. The Hall–Kier alpha value is -2.87. The van der Waals surface area contributed by atoms with E-state index in [4.69, 9.17) is 4.42 Å². The van der Waals surface area contributed by atoms with E-state index in [-0.39, 0.29) is 11.4 Å². The fourth-order valence-electron chi connectivity index (χ4n) is 1.88. The Morgan fingerprint density at radius 1 is 1.17 bits per heavy atom. The molecule has 0 spiro atoms. The third-order valence-corrected chi connectivity index (χ3v) is 3.90. The van der Waals surface area contributed by atoms with Gasteiger partial charge in [-0.15, -0.1) is 10.2 Å². The Morgan fingerprint density at radius 2 is 1.96 bits per heavy atom. The van der Waals surface area contributed by atoms with E-state index >= 15 is 0 Å². The van der Waals surface area contributed by atoms with E-state index in [0.717, 1.165) is 5.56 Å². The van der Waals surface area contributed by atoms with Crippen LogP contribution < -0.4 is 0 Å². The maximum atomic E-state index is 10.6. The van der Waals surface area contributed by atoms with Crippen molar-refractivity contribution in [3.05, 3.63) is 64.2 Å². The topological polar surface area (TPSA) is 102 Å². The second-order valence-corrected chi connectivity index (χ2v) is 5.56. The van der Waals surface area contributed by atoms with E-state index in [1.54, 1.807) is 30.3 Å². The molecule has 0 amide bonds. The Kier molecular flexibility index (Phi) is 4.24. The van der Waals surface area contributed by atoms with Crippen molar-refractivity contribution in [2.75, 3.05) is 0 Å². The van der Waals surface area contributed by atoms with Gasteiger partial charge >= 0.3 is 0 Å². The van der Waals surface area contributed by atoms with Crippen LogP contribution in [0.3, 0.4) is 0 Å². The van der Waals surface area contributed by atoms with Crippen molar-refractivity contribution in [1.29, 1.82) is 0 Å². The zero-order chi connectivity index (χ0) is 16.2. The lowest BCUT2D eigenvalue weighted by atomic mass is 10.2. The Balaban J connectivity index is 1.66. The highest BCUT2D eigenvalue weighted by atomic mass is 32.2. The van der Waals surface area contributed by atoms with Gasteiger partial charge in [-0.2, -0.15) is 0 Å². The molecule has 3 rings (SSSR count). The molecule has 8 heteroatoms. The Morgan fingerprint density at radius 3 is 2.65 bits per heavy atom. The Bertz CT molecular complexity index is 833. The number of nitro groups is 1. The highest BCUT2D eigenvalue weighted by molar-refractivity contribution is 7.98. The van der Waals surface area contributed by atoms with Gasteiger partial charge in [0.15, 0.2) is 0 Å². The van der Waals surface area contributed by atoms with Crippen molar-refractivity contribution < 1.29 is 14.4 Å². The molecule has 1 N–H and O–H groups in total. The molecule has 0 atom stereocenters. The van der Waals surface area contributed by atoms with E-state index in [1.165, 1.54) is 30.0 Å². The predicted molar refractivity (Wildman–Crippen MR) is 84.1 cm³/mol. The molecule has 116 valence electrons. The molecular formula is C15H11N3O4S. The maximum Gasteiger partial charge on any atom is 0.277 e. The average Bonchev–Trinajstić information content (AvgIpc) is 3.02. The van der Waals surface area contributed by atoms with Crippen molar-refractivity contribution >= 4 is 17.4 Å². The van der Waals surface area contributed by atoms with Gasteiger partial charge in [0, 0.05) is 23.4 Å². The quantitative estimate of drug-likeness (QED) is 0.433. The van der Waals surface area contributed by atoms with E-state index in [0.29, 0.717) is 22.4 Å². The molecule has 0 fully saturated rings. The fraction of sp³-hybridized carbons (Fsp3) is 0.0667. The van der Waals surface area contributed by atoms with Crippen LogP contribution in [0, 0.1) is 10.1 Å². The summed E-state index contributed by atoms with van der Waals surface area (Å²) >= 11 is 1.33. The minimum Gasteiger partial charge on any atom is -0.508 e. The molecule has 0 aliphatic rings. The number of aromatic nitrogens is 2. The lowest BCUT2D eigenvalue weighted by molar-refractivity contribution is -0.384. The van der Waals surface area contributed by atoms with E-state index < -0.39 is 4.92 Å². The first-order chi connectivity index (χ1) is 11.1. The second kappa shape index (κ2) is 6.49. The van der Waals surface area contributed by atoms with Crippen LogP contribution in [-0.2, 0) is 5.75 Å². The molecule has 0 saturated heterocycles. The molecule has 7 nitrogen and oxygen atoms in total. The van der Waals surface area contributed by atoms with Gasteiger partial charge in [0.05, 0.1) is 4.92 Å². The van der Waals surface area contributed by atoms with Gasteiger partial charge < -0.3 is 9.52 Å². The summed E-state index contributed by atoms with van der Waals surface area (Å²) in [5.41, 5.74) is 1.61. The van der Waals surface area contributed by atoms with Crippen LogP contribution >= 0.6 is 11.8 Å². The van der Waals surface area contributed by atoms with Crippen LogP contribution in [0.25, 0.3) is 11.5 Å². The first kappa shape index (κ1) is 15.0. The molecular weight excluding hydrogens is 318 g/mol. The minimum atomic E-state index is -0.434. The van der Waals surface area contributed by atoms with Gasteiger partial charge in [-0.3, -0.25) is 10.1 Å². The molecule has 23 heavy (non-hydrogen) atoms. The number of phenolic OH excluding ortho intramolecular Hbond substituents is 1. The normalized spacial score (nSPS) is 10.6. The van der Waals surface area contributed by atoms with E-state index in [9.17, 15) is 15.2 Å². The van der Waals surface area contributed by atoms with Crippen molar-refractivity contribution in [3.8, 4) is 17.2 Å². The third kappa shape index (κ3) is 3.67. The molecule has 0 bridgehead atoms. The molecule has 0 unspecified atom stereocenters. The van der Waals surface area contributed by atoms with Gasteiger partial charge in [0.2, 0.25) is 5.89 Å². The molecule has 2 aromatic carbocycles. The number of hydrogen-bond acceptors (Lipinski definition) is 7. The van der Waals surface area contributed by atoms with Crippen LogP contribution in [0.2, 0.25) is 0 Å². The zero-order valence-electron chi connectivity index (χ0n) is 11.7. The lowest BCUT2D eigenvalue weighted by Crippen LogP contribution is -1.88. The summed E-state index contributed by atoms with van der Waals surface area (Å²) in [6.07, 6.45) is 0. The number of nitrogens with zero attached hydrogens (tertiary/aromatic N) is 3. The van der Waals surface area contributed by atoms with Crippen molar-refractivity contribution in [2.45, 2.75) is 11.0 Å². The van der Waals surface area contributed by atoms with Gasteiger partial charge in [-0.1, -0.05) is 30.0 Å². The van der Waals surface area contributed by atoms with Crippen LogP contribution in [0.15, 0.2) is 58.2 Å². The van der Waals surface area contributed by atoms with Gasteiger partial charge in [-0.25, -0.2) is 0 Å². The number of phenols is 1. The summed E-state index contributed by atoms with van der Waals surface area (Å²) in [6.45, 7) is 0. The minimum absolute atomic E-state index is 0.0581. The number of non-ortho nitro benzene ring substituents is 1. The summed E-state index contributed by atoms with van der Waals surface area (Å²) in [5.74, 6) is 1.01. The van der Waals surface area contributed by atoms with Gasteiger partial charge in [-0.05, 0) is 23.8 Å². The lowest BCUT2D eigenvalue weighted by Gasteiger charge is -1.98. The summed E-state index contributed by atoms with van der Waals surface area (Å²) in [4.78, 5) is 10.2. The van der Waals surface area contributed by atoms with E-state index in [2.05, 4.69) is 10.2 Å². The molecule has 0 aliphatic carbocycles. The molecule has 1 aromatic heterocycles. The maximum absolute atomic E-state index is 10.6. The zero-order valence-corrected chi connectivity index (χ0v) is 12.6. The van der Waals surface area contributed by atoms with Gasteiger partial charge in [0.25, 0.3) is 10.9 Å². The molecule has 0 radical (unpaired) electrons. The van der Waals surface area contributed by atoms with Crippen molar-refractivity contribution in [2.24, 2.45) is 0 Å². The molecule has 0 aliphatic heterocycles. The summed E-state index contributed by atoms with van der Waals surface area (Å²) in [7, 11) is 0. The molecule has 0 saturated carbocycles.